The summed E-state index contributed by atoms with van der Waals surface area (Å²) in [5, 5.41) is 0. The van der Waals surface area contributed by atoms with Crippen LogP contribution in [0.2, 0.25) is 6.04 Å². The van der Waals surface area contributed by atoms with Crippen molar-refractivity contribution in [3.63, 3.8) is 0 Å². The molecule has 7 nitrogen and oxygen atoms in total. The number of nitrogens with zero attached hydrogens (tertiary/aromatic N) is 1. The summed E-state index contributed by atoms with van der Waals surface area (Å²) in [6.07, 6.45) is 2.48. The van der Waals surface area contributed by atoms with Gasteiger partial charge in [-0.1, -0.05) is 0 Å². The van der Waals surface area contributed by atoms with Crippen molar-refractivity contribution in [3.05, 3.63) is 0 Å². The average molecular weight is 336 g/mol. The van der Waals surface area contributed by atoms with Gasteiger partial charge in [0.15, 0.2) is 6.54 Å². The van der Waals surface area contributed by atoms with Crippen LogP contribution >= 0.6 is 0 Å². The zero-order chi connectivity index (χ0) is 16.6. The number of quaternary nitrogens is 1. The first-order valence-corrected chi connectivity index (χ1v) is 9.58. The summed E-state index contributed by atoms with van der Waals surface area (Å²) >= 11 is 0. The van der Waals surface area contributed by atoms with Gasteiger partial charge in [0.1, 0.15) is 0 Å². The van der Waals surface area contributed by atoms with Crippen LogP contribution in [0, 0.1) is 0 Å². The number of hydrogen-bond donors (Lipinski definition) is 0. The summed E-state index contributed by atoms with van der Waals surface area (Å²) in [5.41, 5.74) is 0. The van der Waals surface area contributed by atoms with Crippen molar-refractivity contribution in [1.82, 2.24) is 0 Å². The standard InChI is InChI=1S/C14H30NO6Si/c1-15(2,9-11-22(17-3,18-4)19-5)12-13(16)21-14-8-6-7-10-20-14/h14H,6-12H2,1-5H3/q+1. The molecule has 8 heteroatoms. The van der Waals surface area contributed by atoms with E-state index in [-0.39, 0.29) is 18.8 Å². The molecule has 1 heterocycles. The third-order valence-electron chi connectivity index (χ3n) is 3.91. The maximum Gasteiger partial charge on any atom is 0.505 e. The molecule has 0 amide bonds. The molecule has 1 aliphatic heterocycles. The van der Waals surface area contributed by atoms with Crippen LogP contribution < -0.4 is 0 Å². The molecule has 1 saturated heterocycles. The molecule has 0 saturated carbocycles. The van der Waals surface area contributed by atoms with Gasteiger partial charge in [-0.05, 0) is 12.8 Å². The molecule has 1 rings (SSSR count). The van der Waals surface area contributed by atoms with Crippen LogP contribution in [-0.2, 0) is 27.5 Å². The van der Waals surface area contributed by atoms with Crippen LogP contribution in [-0.4, -0.2) is 80.7 Å². The fourth-order valence-electron chi connectivity index (χ4n) is 2.41. The lowest BCUT2D eigenvalue weighted by Gasteiger charge is -2.32. The Labute approximate surface area is 134 Å². The van der Waals surface area contributed by atoms with Crippen molar-refractivity contribution in [3.8, 4) is 0 Å². The first kappa shape index (κ1) is 19.5. The van der Waals surface area contributed by atoms with Gasteiger partial charge in [0.2, 0.25) is 6.29 Å². The molecule has 0 bridgehead atoms. The highest BCUT2D eigenvalue weighted by Crippen LogP contribution is 2.17. The van der Waals surface area contributed by atoms with E-state index in [1.54, 1.807) is 21.3 Å². The third kappa shape index (κ3) is 6.31. The summed E-state index contributed by atoms with van der Waals surface area (Å²) in [5.74, 6) is -0.239. The molecule has 0 radical (unpaired) electrons. The van der Waals surface area contributed by atoms with E-state index in [1.165, 1.54) is 0 Å². The van der Waals surface area contributed by atoms with Crippen molar-refractivity contribution in [2.24, 2.45) is 0 Å². The highest BCUT2D eigenvalue weighted by molar-refractivity contribution is 6.60. The summed E-state index contributed by atoms with van der Waals surface area (Å²) in [4.78, 5) is 12.1. The number of hydrogen-bond acceptors (Lipinski definition) is 6. The van der Waals surface area contributed by atoms with E-state index in [4.69, 9.17) is 22.8 Å². The van der Waals surface area contributed by atoms with Gasteiger partial charge in [0, 0.05) is 27.8 Å². The number of carbonyl (C=O) groups excluding carboxylic acids is 1. The minimum absolute atomic E-state index is 0.239. The van der Waals surface area contributed by atoms with Crippen LogP contribution in [0.25, 0.3) is 0 Å². The molecule has 0 aromatic heterocycles. The number of likely N-dealkylation sites (N-methyl/N-ethyl adjacent to an activating group) is 1. The van der Waals surface area contributed by atoms with Crippen molar-refractivity contribution >= 4 is 14.8 Å². The maximum absolute atomic E-state index is 12.1. The van der Waals surface area contributed by atoms with E-state index < -0.39 is 8.80 Å². The first-order valence-electron chi connectivity index (χ1n) is 7.65. The molecule has 0 aliphatic carbocycles. The highest BCUT2D eigenvalue weighted by atomic mass is 28.4. The van der Waals surface area contributed by atoms with Gasteiger partial charge in [-0.3, -0.25) is 0 Å². The van der Waals surface area contributed by atoms with Gasteiger partial charge in [-0.25, -0.2) is 4.79 Å². The Morgan fingerprint density at radius 1 is 1.18 bits per heavy atom. The van der Waals surface area contributed by atoms with Crippen LogP contribution in [0.1, 0.15) is 19.3 Å². The van der Waals surface area contributed by atoms with Gasteiger partial charge in [0.05, 0.1) is 33.3 Å². The highest BCUT2D eigenvalue weighted by Gasteiger charge is 2.40. The largest absolute Gasteiger partial charge is 0.505 e. The Balaban J connectivity index is 2.42. The molecule has 130 valence electrons. The van der Waals surface area contributed by atoms with Crippen LogP contribution in [0.15, 0.2) is 0 Å². The minimum atomic E-state index is -2.61. The SMILES string of the molecule is CO[Si](CC[N+](C)(C)CC(=O)OC1CCCCO1)(OC)OC. The normalized spacial score (nSPS) is 20.0. The van der Waals surface area contributed by atoms with Gasteiger partial charge >= 0.3 is 14.8 Å². The second-order valence-electron chi connectivity index (χ2n) is 6.15. The van der Waals surface area contributed by atoms with Gasteiger partial charge in [-0.15, -0.1) is 0 Å². The fraction of sp³-hybridized carbons (Fsp3) is 0.929. The summed E-state index contributed by atoms with van der Waals surface area (Å²) in [7, 11) is 6.11. The van der Waals surface area contributed by atoms with Crippen LogP contribution in [0.4, 0.5) is 0 Å². The predicted octanol–water partition coefficient (Wildman–Crippen LogP) is 1.01. The van der Waals surface area contributed by atoms with E-state index >= 15 is 0 Å². The molecule has 22 heavy (non-hydrogen) atoms. The third-order valence-corrected chi connectivity index (χ3v) is 6.62. The lowest BCUT2D eigenvalue weighted by molar-refractivity contribution is -0.881. The summed E-state index contributed by atoms with van der Waals surface area (Å²) in [6.45, 7) is 1.64. The Bertz CT molecular complexity index is 334. The smallest absolute Gasteiger partial charge is 0.432 e. The summed E-state index contributed by atoms with van der Waals surface area (Å²) in [6, 6.07) is 0.636. The van der Waals surface area contributed by atoms with Gasteiger partial charge in [0.25, 0.3) is 0 Å². The number of carbonyl (C=O) groups is 1. The molecule has 0 N–H and O–H groups in total. The van der Waals surface area contributed by atoms with E-state index in [0.29, 0.717) is 23.7 Å². The lowest BCUT2D eigenvalue weighted by Crippen LogP contribution is -2.51. The number of ether oxygens (including phenoxy) is 2. The minimum Gasteiger partial charge on any atom is -0.432 e. The molecule has 0 spiro atoms. The van der Waals surface area contributed by atoms with Crippen LogP contribution in [0.3, 0.4) is 0 Å². The number of rotatable bonds is 9. The zero-order valence-corrected chi connectivity index (χ0v) is 15.4. The van der Waals surface area contributed by atoms with Gasteiger partial charge < -0.3 is 27.2 Å². The van der Waals surface area contributed by atoms with Crippen molar-refractivity contribution in [2.75, 3.05) is 55.1 Å². The van der Waals surface area contributed by atoms with Crippen molar-refractivity contribution < 1.29 is 32.0 Å². The quantitative estimate of drug-likeness (QED) is 0.356. The molecular formula is C14H30NO6Si+. The predicted molar refractivity (Wildman–Crippen MR) is 83.1 cm³/mol. The van der Waals surface area contributed by atoms with E-state index in [0.717, 1.165) is 19.3 Å². The fourth-order valence-corrected chi connectivity index (χ4v) is 4.40. The molecule has 1 fully saturated rings. The Morgan fingerprint density at radius 3 is 2.32 bits per heavy atom. The zero-order valence-electron chi connectivity index (χ0n) is 14.4. The van der Waals surface area contributed by atoms with Crippen LogP contribution in [0.5, 0.6) is 0 Å². The van der Waals surface area contributed by atoms with E-state index in [9.17, 15) is 4.79 Å². The lowest BCUT2D eigenvalue weighted by atomic mass is 10.2. The second-order valence-corrected chi connectivity index (χ2v) is 9.24. The topological polar surface area (TPSA) is 63.2 Å². The molecule has 0 aromatic rings. The van der Waals surface area contributed by atoms with E-state index in [2.05, 4.69) is 0 Å². The maximum atomic E-state index is 12.1. The van der Waals surface area contributed by atoms with Crippen molar-refractivity contribution in [2.45, 2.75) is 31.6 Å². The molecule has 1 aliphatic rings. The monoisotopic (exact) mass is 336 g/mol. The second kappa shape index (κ2) is 8.95. The van der Waals surface area contributed by atoms with Gasteiger partial charge in [-0.2, -0.15) is 0 Å². The molecule has 1 unspecified atom stereocenters. The number of esters is 1. The van der Waals surface area contributed by atoms with E-state index in [1.807, 2.05) is 14.1 Å². The molecular weight excluding hydrogens is 306 g/mol. The Kier molecular flexibility index (Phi) is 7.94. The average Bonchev–Trinajstić information content (AvgIpc) is 2.49. The summed E-state index contributed by atoms with van der Waals surface area (Å²) < 4.78 is 27.5. The Hall–Kier alpha value is -0.513. The van der Waals surface area contributed by atoms with Crippen molar-refractivity contribution in [1.29, 1.82) is 0 Å². The Morgan fingerprint density at radius 2 is 1.82 bits per heavy atom. The molecule has 0 aromatic carbocycles. The molecule has 1 atom stereocenters. The first-order chi connectivity index (χ1) is 10.4.